The lowest BCUT2D eigenvalue weighted by atomic mass is 10.2. The van der Waals surface area contributed by atoms with Gasteiger partial charge in [-0.1, -0.05) is 70.8 Å². The largest absolute Gasteiger partial charge is 0.0591 e. The Morgan fingerprint density at radius 1 is 0.375 bits per heavy atom. The molecule has 0 aliphatic rings. The van der Waals surface area contributed by atoms with Crippen LogP contribution in [0.4, 0.5) is 0 Å². The van der Waals surface area contributed by atoms with E-state index >= 15 is 0 Å². The van der Waals surface area contributed by atoms with E-state index in [-0.39, 0.29) is 0 Å². The van der Waals surface area contributed by atoms with Crippen molar-refractivity contribution in [2.75, 3.05) is 0 Å². The quantitative estimate of drug-likeness (QED) is 0.598. The van der Waals surface area contributed by atoms with E-state index < -0.39 is 0 Å². The van der Waals surface area contributed by atoms with Crippen LogP contribution in [0.2, 0.25) is 0 Å². The van der Waals surface area contributed by atoms with Crippen LogP contribution in [-0.2, 0) is 0 Å². The Morgan fingerprint density at radius 3 is 0.625 bits per heavy atom. The number of hydrogen-bond donors (Lipinski definition) is 0. The fraction of sp³-hybridized carbons (Fsp3) is 0.250. The first-order valence-electron chi connectivity index (χ1n) is 5.64. The molecule has 16 heavy (non-hydrogen) atoms. The van der Waals surface area contributed by atoms with Gasteiger partial charge >= 0.3 is 0 Å². The zero-order valence-corrected chi connectivity index (χ0v) is 10.6. The van der Waals surface area contributed by atoms with Crippen molar-refractivity contribution < 1.29 is 0 Å². The van der Waals surface area contributed by atoms with Gasteiger partial charge in [0.1, 0.15) is 0 Å². The lowest BCUT2D eigenvalue weighted by Crippen LogP contribution is -1.70. The molecule has 2 aromatic carbocycles. The number of rotatable bonds is 0. The molecule has 0 aliphatic heterocycles. The van der Waals surface area contributed by atoms with Gasteiger partial charge in [0.25, 0.3) is 0 Å². The summed E-state index contributed by atoms with van der Waals surface area (Å²) in [5, 5.41) is 0. The van der Waals surface area contributed by atoms with Gasteiger partial charge in [0.05, 0.1) is 0 Å². The lowest BCUT2D eigenvalue weighted by Gasteiger charge is -1.90. The summed E-state index contributed by atoms with van der Waals surface area (Å²) in [7, 11) is 0. The molecule has 0 radical (unpaired) electrons. The summed E-state index contributed by atoms with van der Waals surface area (Å²) >= 11 is 0. The van der Waals surface area contributed by atoms with Crippen LogP contribution in [0.1, 0.15) is 22.3 Å². The van der Waals surface area contributed by atoms with E-state index in [1.165, 1.54) is 22.3 Å². The van der Waals surface area contributed by atoms with E-state index in [0.29, 0.717) is 0 Å². The minimum atomic E-state index is 1.33. The second-order valence-electron chi connectivity index (χ2n) is 4.31. The summed E-state index contributed by atoms with van der Waals surface area (Å²) in [5.41, 5.74) is 5.32. The molecule has 0 aliphatic carbocycles. The van der Waals surface area contributed by atoms with Gasteiger partial charge in [0.2, 0.25) is 0 Å². The highest BCUT2D eigenvalue weighted by molar-refractivity contribution is 5.20. The van der Waals surface area contributed by atoms with Crippen molar-refractivity contribution in [1.82, 2.24) is 0 Å². The van der Waals surface area contributed by atoms with E-state index in [1.54, 1.807) is 0 Å². The highest BCUT2D eigenvalue weighted by atomic mass is 13.9. The predicted octanol–water partition coefficient (Wildman–Crippen LogP) is 4.61. The molecular weight excluding hydrogens is 192 g/mol. The summed E-state index contributed by atoms with van der Waals surface area (Å²) in [6, 6.07) is 17.0. The molecule has 0 unspecified atom stereocenters. The van der Waals surface area contributed by atoms with Crippen molar-refractivity contribution in [3.05, 3.63) is 70.8 Å². The van der Waals surface area contributed by atoms with Crippen LogP contribution in [0, 0.1) is 27.7 Å². The van der Waals surface area contributed by atoms with Gasteiger partial charge in [0.15, 0.2) is 0 Å². The smallest absolute Gasteiger partial charge is 0.0398 e. The van der Waals surface area contributed by atoms with Gasteiger partial charge in [-0.2, -0.15) is 0 Å². The summed E-state index contributed by atoms with van der Waals surface area (Å²) < 4.78 is 0. The monoisotopic (exact) mass is 212 g/mol. The van der Waals surface area contributed by atoms with Gasteiger partial charge in [-0.25, -0.2) is 0 Å². The first kappa shape index (κ1) is 12.5. The van der Waals surface area contributed by atoms with E-state index in [1.807, 2.05) is 0 Å². The minimum absolute atomic E-state index is 1.33. The van der Waals surface area contributed by atoms with Gasteiger partial charge < -0.3 is 0 Å². The molecule has 84 valence electrons. The Bertz CT molecular complexity index is 321. The Hall–Kier alpha value is -1.56. The van der Waals surface area contributed by atoms with Gasteiger partial charge in [-0.3, -0.25) is 0 Å². The molecule has 0 bridgehead atoms. The van der Waals surface area contributed by atoms with Crippen LogP contribution in [0.25, 0.3) is 0 Å². The predicted molar refractivity (Wildman–Crippen MR) is 71.8 cm³/mol. The van der Waals surface area contributed by atoms with Crippen molar-refractivity contribution in [3.8, 4) is 0 Å². The lowest BCUT2D eigenvalue weighted by molar-refractivity contribution is 1.40. The first-order chi connectivity index (χ1) is 7.58. The molecule has 0 spiro atoms. The Labute approximate surface area is 99.0 Å². The molecule has 0 aromatic heterocycles. The maximum Gasteiger partial charge on any atom is -0.0398 e. The fourth-order valence-electron chi connectivity index (χ4n) is 1.27. The summed E-state index contributed by atoms with van der Waals surface area (Å²) in [4.78, 5) is 0. The van der Waals surface area contributed by atoms with E-state index in [4.69, 9.17) is 0 Å². The normalized spacial score (nSPS) is 9.25. The summed E-state index contributed by atoms with van der Waals surface area (Å²) in [5.74, 6) is 0. The van der Waals surface area contributed by atoms with E-state index in [9.17, 15) is 0 Å². The average molecular weight is 212 g/mol. The van der Waals surface area contributed by atoms with Crippen molar-refractivity contribution in [2.45, 2.75) is 27.7 Å². The maximum atomic E-state index is 2.12. The topological polar surface area (TPSA) is 0 Å². The molecule has 0 amide bonds. The second-order valence-corrected chi connectivity index (χ2v) is 4.31. The van der Waals surface area contributed by atoms with Gasteiger partial charge in [0, 0.05) is 0 Å². The van der Waals surface area contributed by atoms with Crippen LogP contribution in [0.15, 0.2) is 48.5 Å². The third-order valence-electron chi connectivity index (χ3n) is 2.44. The van der Waals surface area contributed by atoms with Crippen LogP contribution >= 0.6 is 0 Å². The molecule has 2 rings (SSSR count). The van der Waals surface area contributed by atoms with E-state index in [2.05, 4.69) is 76.2 Å². The number of hydrogen-bond acceptors (Lipinski definition) is 0. The Balaban J connectivity index is 0.000000160. The van der Waals surface area contributed by atoms with Gasteiger partial charge in [-0.05, 0) is 27.7 Å². The van der Waals surface area contributed by atoms with Crippen molar-refractivity contribution in [3.63, 3.8) is 0 Å². The van der Waals surface area contributed by atoms with Crippen molar-refractivity contribution >= 4 is 0 Å². The summed E-state index contributed by atoms with van der Waals surface area (Å²) in [6.07, 6.45) is 0. The molecule has 0 N–H and O–H groups in total. The Morgan fingerprint density at radius 2 is 0.500 bits per heavy atom. The zero-order valence-electron chi connectivity index (χ0n) is 10.6. The third kappa shape index (κ3) is 4.79. The standard InChI is InChI=1S/2C8H10/c2*1-7-3-5-8(2)6-4-7/h2*3-6H,1-2H3. The van der Waals surface area contributed by atoms with Crippen LogP contribution < -0.4 is 0 Å². The summed E-state index contributed by atoms with van der Waals surface area (Å²) in [6.45, 7) is 8.39. The molecule has 0 fully saturated rings. The fourth-order valence-corrected chi connectivity index (χ4v) is 1.27. The minimum Gasteiger partial charge on any atom is -0.0591 e. The second kappa shape index (κ2) is 6.12. The number of benzene rings is 2. The Kier molecular flexibility index (Phi) is 4.78. The molecule has 2 aromatic rings. The molecule has 0 saturated heterocycles. The van der Waals surface area contributed by atoms with E-state index in [0.717, 1.165) is 0 Å². The first-order valence-corrected chi connectivity index (χ1v) is 5.64. The molecule has 0 atom stereocenters. The maximum absolute atomic E-state index is 2.12. The highest BCUT2D eigenvalue weighted by Gasteiger charge is 1.80. The van der Waals surface area contributed by atoms with Crippen molar-refractivity contribution in [1.29, 1.82) is 0 Å². The molecule has 0 saturated carbocycles. The van der Waals surface area contributed by atoms with Crippen molar-refractivity contribution in [2.24, 2.45) is 0 Å². The molecule has 0 heterocycles. The van der Waals surface area contributed by atoms with Crippen LogP contribution in [0.5, 0.6) is 0 Å². The SMILES string of the molecule is Cc1ccc(C)cc1.Cc1ccc(C)cc1. The molecule has 0 heteroatoms. The molecular formula is C16H20. The average Bonchev–Trinajstić information content (AvgIpc) is 2.28. The van der Waals surface area contributed by atoms with Crippen LogP contribution in [0.3, 0.4) is 0 Å². The number of aryl methyl sites for hydroxylation is 4. The highest BCUT2D eigenvalue weighted by Crippen LogP contribution is 2.00. The molecule has 0 nitrogen and oxygen atoms in total. The van der Waals surface area contributed by atoms with Crippen LogP contribution in [-0.4, -0.2) is 0 Å². The van der Waals surface area contributed by atoms with Gasteiger partial charge in [-0.15, -0.1) is 0 Å². The zero-order chi connectivity index (χ0) is 12.0. The third-order valence-corrected chi connectivity index (χ3v) is 2.44.